The van der Waals surface area contributed by atoms with Crippen molar-refractivity contribution in [3.05, 3.63) is 35.9 Å². The minimum absolute atomic E-state index is 0. The molecule has 0 amide bonds. The molecule has 1 aliphatic heterocycles. The highest BCUT2D eigenvalue weighted by molar-refractivity contribution is 14.0. The second kappa shape index (κ2) is 15.1. The smallest absolute Gasteiger partial charge is 0.193 e. The molecular weight excluding hydrogens is 453 g/mol. The average Bonchev–Trinajstić information content (AvgIpc) is 3.13. The first-order valence-corrected chi connectivity index (χ1v) is 9.98. The molecule has 1 unspecified atom stereocenters. The van der Waals surface area contributed by atoms with Crippen LogP contribution in [0.15, 0.2) is 35.3 Å². The van der Waals surface area contributed by atoms with Crippen LogP contribution in [-0.4, -0.2) is 57.4 Å². The van der Waals surface area contributed by atoms with E-state index in [-0.39, 0.29) is 24.0 Å². The van der Waals surface area contributed by atoms with Gasteiger partial charge in [0, 0.05) is 45.8 Å². The number of likely N-dealkylation sites (tertiary alicyclic amines) is 1. The first-order chi connectivity index (χ1) is 12.8. The summed E-state index contributed by atoms with van der Waals surface area (Å²) in [4.78, 5) is 6.77. The van der Waals surface area contributed by atoms with Crippen LogP contribution in [0.25, 0.3) is 0 Å². The summed E-state index contributed by atoms with van der Waals surface area (Å²) in [5.74, 6) is 1.58. The van der Waals surface area contributed by atoms with E-state index in [0.29, 0.717) is 12.5 Å². The van der Waals surface area contributed by atoms with Crippen LogP contribution in [0.5, 0.6) is 0 Å². The van der Waals surface area contributed by atoms with E-state index in [1.807, 2.05) is 13.1 Å². The zero-order chi connectivity index (χ0) is 18.5. The number of unbranched alkanes of at least 4 members (excludes halogenated alkanes) is 1. The number of rotatable bonds is 11. The zero-order valence-electron chi connectivity index (χ0n) is 16.9. The van der Waals surface area contributed by atoms with Gasteiger partial charge < -0.3 is 19.7 Å². The van der Waals surface area contributed by atoms with Crippen LogP contribution in [0.1, 0.15) is 38.2 Å². The minimum atomic E-state index is 0. The largest absolute Gasteiger partial charge is 0.381 e. The summed E-state index contributed by atoms with van der Waals surface area (Å²) in [6.45, 7) is 8.36. The predicted molar refractivity (Wildman–Crippen MR) is 123 cm³/mol. The molecule has 5 nitrogen and oxygen atoms in total. The second-order valence-corrected chi connectivity index (χ2v) is 6.89. The van der Waals surface area contributed by atoms with Gasteiger partial charge in [-0.3, -0.25) is 4.99 Å². The Morgan fingerprint density at radius 2 is 1.96 bits per heavy atom. The maximum absolute atomic E-state index is 5.91. The number of hydrogen-bond acceptors (Lipinski definition) is 3. The Morgan fingerprint density at radius 1 is 1.19 bits per heavy atom. The van der Waals surface area contributed by atoms with E-state index >= 15 is 0 Å². The molecule has 0 bridgehead atoms. The molecule has 0 aliphatic carbocycles. The van der Waals surface area contributed by atoms with Gasteiger partial charge in [0.05, 0.1) is 13.2 Å². The van der Waals surface area contributed by atoms with Crippen molar-refractivity contribution in [3.8, 4) is 0 Å². The number of aliphatic imine (C=N–C) groups is 1. The van der Waals surface area contributed by atoms with Gasteiger partial charge in [-0.2, -0.15) is 0 Å². The Hall–Kier alpha value is -0.860. The number of hydrogen-bond donors (Lipinski definition) is 1. The number of benzene rings is 1. The Kier molecular flexibility index (Phi) is 13.5. The standard InChI is InChI=1S/C21H35N3O2.HI/c1-3-4-14-25-15-8-12-23-21(22-2)24-13-11-20(16-24)18-26-17-19-9-6-5-7-10-19;/h5-7,9-10,20H,3-4,8,11-18H2,1-2H3,(H,22,23);1H. The predicted octanol–water partition coefficient (Wildman–Crippen LogP) is 3.93. The number of guanidine groups is 1. The lowest BCUT2D eigenvalue weighted by Crippen LogP contribution is -2.40. The second-order valence-electron chi connectivity index (χ2n) is 6.89. The molecule has 6 heteroatoms. The summed E-state index contributed by atoms with van der Waals surface area (Å²) < 4.78 is 11.5. The van der Waals surface area contributed by atoms with Gasteiger partial charge in [0.1, 0.15) is 0 Å². The lowest BCUT2D eigenvalue weighted by molar-refractivity contribution is 0.0906. The molecule has 1 aromatic rings. The van der Waals surface area contributed by atoms with Crippen molar-refractivity contribution in [3.63, 3.8) is 0 Å². The van der Waals surface area contributed by atoms with Crippen LogP contribution in [0.2, 0.25) is 0 Å². The molecule has 1 N–H and O–H groups in total. The van der Waals surface area contributed by atoms with Gasteiger partial charge in [0.15, 0.2) is 5.96 Å². The summed E-state index contributed by atoms with van der Waals surface area (Å²) in [6, 6.07) is 10.4. The molecule has 1 fully saturated rings. The summed E-state index contributed by atoms with van der Waals surface area (Å²) in [5.41, 5.74) is 1.24. The monoisotopic (exact) mass is 489 g/mol. The van der Waals surface area contributed by atoms with Crippen molar-refractivity contribution in [2.75, 3.05) is 46.5 Å². The van der Waals surface area contributed by atoms with Crippen LogP contribution in [0, 0.1) is 5.92 Å². The average molecular weight is 489 g/mol. The maximum Gasteiger partial charge on any atom is 0.193 e. The molecule has 0 radical (unpaired) electrons. The van der Waals surface area contributed by atoms with E-state index in [9.17, 15) is 0 Å². The summed E-state index contributed by atoms with van der Waals surface area (Å²) >= 11 is 0. The highest BCUT2D eigenvalue weighted by atomic mass is 127. The fourth-order valence-corrected chi connectivity index (χ4v) is 3.13. The van der Waals surface area contributed by atoms with Crippen molar-refractivity contribution < 1.29 is 9.47 Å². The fourth-order valence-electron chi connectivity index (χ4n) is 3.13. The molecule has 0 saturated carbocycles. The molecule has 1 saturated heterocycles. The van der Waals surface area contributed by atoms with E-state index in [4.69, 9.17) is 9.47 Å². The van der Waals surface area contributed by atoms with Gasteiger partial charge in [0.25, 0.3) is 0 Å². The lowest BCUT2D eigenvalue weighted by atomic mass is 10.1. The Morgan fingerprint density at radius 3 is 2.70 bits per heavy atom. The number of halogens is 1. The van der Waals surface area contributed by atoms with E-state index in [2.05, 4.69) is 46.4 Å². The Bertz CT molecular complexity index is 513. The molecule has 154 valence electrons. The van der Waals surface area contributed by atoms with Crippen LogP contribution >= 0.6 is 24.0 Å². The third-order valence-electron chi connectivity index (χ3n) is 4.65. The third-order valence-corrected chi connectivity index (χ3v) is 4.65. The van der Waals surface area contributed by atoms with Gasteiger partial charge in [-0.25, -0.2) is 0 Å². The summed E-state index contributed by atoms with van der Waals surface area (Å²) in [7, 11) is 1.86. The Balaban J connectivity index is 0.00000364. The Labute approximate surface area is 181 Å². The van der Waals surface area contributed by atoms with Crippen LogP contribution < -0.4 is 5.32 Å². The van der Waals surface area contributed by atoms with E-state index in [0.717, 1.165) is 64.7 Å². The van der Waals surface area contributed by atoms with Crippen molar-refractivity contribution >= 4 is 29.9 Å². The van der Waals surface area contributed by atoms with Crippen LogP contribution in [0.4, 0.5) is 0 Å². The molecule has 2 rings (SSSR count). The van der Waals surface area contributed by atoms with Gasteiger partial charge >= 0.3 is 0 Å². The van der Waals surface area contributed by atoms with Gasteiger partial charge in [-0.05, 0) is 24.8 Å². The molecule has 0 spiro atoms. The molecule has 1 aliphatic rings. The number of ether oxygens (including phenoxy) is 2. The summed E-state index contributed by atoms with van der Waals surface area (Å²) in [5, 5.41) is 3.46. The van der Waals surface area contributed by atoms with Gasteiger partial charge in [-0.1, -0.05) is 43.7 Å². The van der Waals surface area contributed by atoms with Gasteiger partial charge in [0.2, 0.25) is 0 Å². The quantitative estimate of drug-likeness (QED) is 0.222. The highest BCUT2D eigenvalue weighted by Crippen LogP contribution is 2.17. The topological polar surface area (TPSA) is 46.1 Å². The van der Waals surface area contributed by atoms with Crippen molar-refractivity contribution in [1.29, 1.82) is 0 Å². The molecular formula is C21H36IN3O2. The van der Waals surface area contributed by atoms with Gasteiger partial charge in [-0.15, -0.1) is 24.0 Å². The third kappa shape index (κ3) is 9.76. The van der Waals surface area contributed by atoms with Crippen molar-refractivity contribution in [1.82, 2.24) is 10.2 Å². The highest BCUT2D eigenvalue weighted by Gasteiger charge is 2.24. The number of nitrogens with zero attached hydrogens (tertiary/aromatic N) is 2. The van der Waals surface area contributed by atoms with Crippen LogP contribution in [0.3, 0.4) is 0 Å². The first-order valence-electron chi connectivity index (χ1n) is 9.98. The number of nitrogens with one attached hydrogen (secondary N) is 1. The van der Waals surface area contributed by atoms with Crippen molar-refractivity contribution in [2.45, 2.75) is 39.2 Å². The van der Waals surface area contributed by atoms with E-state index < -0.39 is 0 Å². The molecule has 1 atom stereocenters. The first kappa shape index (κ1) is 24.2. The minimum Gasteiger partial charge on any atom is -0.381 e. The van der Waals surface area contributed by atoms with Crippen molar-refractivity contribution in [2.24, 2.45) is 10.9 Å². The molecule has 1 heterocycles. The fraction of sp³-hybridized carbons (Fsp3) is 0.667. The lowest BCUT2D eigenvalue weighted by Gasteiger charge is -2.21. The zero-order valence-corrected chi connectivity index (χ0v) is 19.2. The normalized spacial score (nSPS) is 17.0. The molecule has 27 heavy (non-hydrogen) atoms. The van der Waals surface area contributed by atoms with Crippen LogP contribution in [-0.2, 0) is 16.1 Å². The maximum atomic E-state index is 5.91. The summed E-state index contributed by atoms with van der Waals surface area (Å²) in [6.07, 6.45) is 4.52. The van der Waals surface area contributed by atoms with E-state index in [1.54, 1.807) is 0 Å². The SMILES string of the molecule is CCCCOCCCNC(=NC)N1CCC(COCc2ccccc2)C1.I. The molecule has 0 aromatic heterocycles. The van der Waals surface area contributed by atoms with E-state index in [1.165, 1.54) is 12.0 Å². The molecule has 1 aromatic carbocycles.